The number of carbonyl (C=O) groups is 8. The van der Waals surface area contributed by atoms with Gasteiger partial charge < -0.3 is 63.5 Å². The number of rotatable bonds is 16. The maximum absolute atomic E-state index is 15.0. The molecule has 1 aromatic heterocycles. The van der Waals surface area contributed by atoms with E-state index in [0.717, 1.165) is 32.5 Å². The van der Waals surface area contributed by atoms with Crippen molar-refractivity contribution < 1.29 is 48.6 Å². The Morgan fingerprint density at radius 2 is 1.36 bits per heavy atom. The number of carboxylic acids is 1. The maximum atomic E-state index is 15.0. The number of para-hydroxylation sites is 1. The molecule has 0 spiro atoms. The SMILES string of the molecule is CC(C)[C@H](NC(=O)[C@@H]1CSSC[C@H](NC(=O)[C@H](C)N)C(=O)N[C@@H](Cc2ccccc2)C(=O)N(C)[C@@H](Cc2c[nH]c3ccccc23)C(=O)N[C@@H](CCCCN)C(=O)N[C@@H](Cc2ccc(O)cc2)C(=O)N1)C(=O)O. The second-order valence-electron chi connectivity index (χ2n) is 18.1. The number of benzene rings is 3. The third-order valence-corrected chi connectivity index (χ3v) is 14.6. The lowest BCUT2D eigenvalue weighted by molar-refractivity contribution is -0.143. The summed E-state index contributed by atoms with van der Waals surface area (Å²) >= 11 is 0. The van der Waals surface area contributed by atoms with Crippen LogP contribution in [0.4, 0.5) is 0 Å². The third-order valence-electron chi connectivity index (χ3n) is 12.2. The van der Waals surface area contributed by atoms with E-state index in [1.165, 1.54) is 31.0 Å². The highest BCUT2D eigenvalue weighted by molar-refractivity contribution is 8.76. The van der Waals surface area contributed by atoms with Crippen molar-refractivity contribution in [1.82, 2.24) is 41.8 Å². The van der Waals surface area contributed by atoms with E-state index < -0.39 is 102 Å². The third kappa shape index (κ3) is 16.2. The lowest BCUT2D eigenvalue weighted by atomic mass is 9.99. The van der Waals surface area contributed by atoms with Gasteiger partial charge in [-0.2, -0.15) is 0 Å². The summed E-state index contributed by atoms with van der Waals surface area (Å²) in [6.45, 7) is 4.91. The van der Waals surface area contributed by atoms with Gasteiger partial charge in [-0.05, 0) is 73.5 Å². The van der Waals surface area contributed by atoms with Crippen LogP contribution in [0.15, 0.2) is 85.1 Å². The van der Waals surface area contributed by atoms with Gasteiger partial charge in [-0.25, -0.2) is 4.79 Å². The molecule has 4 aromatic rings. The Hall–Kier alpha value is -6.62. The van der Waals surface area contributed by atoms with E-state index in [1.807, 2.05) is 24.3 Å². The number of nitrogens with two attached hydrogens (primary N) is 2. The molecule has 7 amide bonds. The predicted octanol–water partition coefficient (Wildman–Crippen LogP) is 1.25. The Morgan fingerprint density at radius 3 is 2.03 bits per heavy atom. The molecule has 0 aliphatic carbocycles. The minimum absolute atomic E-state index is 0.0240. The Kier molecular flexibility index (Phi) is 21.3. The van der Waals surface area contributed by atoms with Crippen LogP contribution in [0.1, 0.15) is 56.7 Å². The lowest BCUT2D eigenvalue weighted by Gasteiger charge is -2.33. The van der Waals surface area contributed by atoms with Crippen LogP contribution in [0.5, 0.6) is 5.75 Å². The fourth-order valence-corrected chi connectivity index (χ4v) is 10.3. The number of hydrogen-bond donors (Lipinski definition) is 11. The van der Waals surface area contributed by atoms with E-state index in [-0.39, 0.29) is 49.5 Å². The standard InChI is InChI=1S/C50H66N10O10S2/c1-28(2)42(50(69)70)59-47(66)40-27-72-71-26-39(57-43(62)29(3)52)46(65)56-38(23-30-12-6-5-7-13-30)49(68)60(4)41(24-32-25-53-35-15-9-8-14-34(32)35)48(67)54-36(16-10-11-21-51)44(63)55-37(45(64)58-40)22-31-17-19-33(61)20-18-31/h5-9,12-15,17-20,25,28-29,36-42,53,61H,10-11,16,21-24,26-27,51-52H2,1-4H3,(H,54,67)(H,55,63)(H,56,65)(H,57,62)(H,58,64)(H,59,66)(H,69,70)/t29-,36-,37-,38-,39-,40-,41-,42-/m0/s1. The van der Waals surface area contributed by atoms with Crippen LogP contribution >= 0.6 is 21.6 Å². The Labute approximate surface area is 426 Å². The molecule has 8 atom stereocenters. The highest BCUT2D eigenvalue weighted by Crippen LogP contribution is 2.25. The number of likely N-dealkylation sites (N-methyl/N-ethyl adjacent to an activating group) is 1. The van der Waals surface area contributed by atoms with E-state index in [9.17, 15) is 43.8 Å². The van der Waals surface area contributed by atoms with Crippen LogP contribution in [0.25, 0.3) is 10.9 Å². The average molecular weight is 1030 g/mol. The molecule has 0 saturated carbocycles. The number of aromatic nitrogens is 1. The zero-order valence-electron chi connectivity index (χ0n) is 40.7. The number of hydrogen-bond acceptors (Lipinski definition) is 13. The van der Waals surface area contributed by atoms with Crippen molar-refractivity contribution in [3.8, 4) is 5.75 Å². The Bertz CT molecular complexity index is 2510. The quantitative estimate of drug-likeness (QED) is 0.0556. The van der Waals surface area contributed by atoms with Crippen LogP contribution < -0.4 is 43.4 Å². The van der Waals surface area contributed by atoms with Crippen LogP contribution in [0, 0.1) is 5.92 Å². The van der Waals surface area contributed by atoms with Crippen molar-refractivity contribution >= 4 is 79.8 Å². The Morgan fingerprint density at radius 1 is 0.750 bits per heavy atom. The molecule has 13 N–H and O–H groups in total. The number of nitrogens with one attached hydrogen (secondary N) is 7. The first-order valence-corrected chi connectivity index (χ1v) is 26.2. The van der Waals surface area contributed by atoms with Crippen molar-refractivity contribution in [3.63, 3.8) is 0 Å². The predicted molar refractivity (Wildman–Crippen MR) is 276 cm³/mol. The van der Waals surface area contributed by atoms with Crippen molar-refractivity contribution in [1.29, 1.82) is 0 Å². The van der Waals surface area contributed by atoms with Gasteiger partial charge in [0.25, 0.3) is 0 Å². The first-order chi connectivity index (χ1) is 34.4. The van der Waals surface area contributed by atoms with E-state index in [2.05, 4.69) is 36.9 Å². The monoisotopic (exact) mass is 1030 g/mol. The molecule has 22 heteroatoms. The topological polar surface area (TPSA) is 320 Å². The van der Waals surface area contributed by atoms with Crippen molar-refractivity contribution in [3.05, 3.63) is 102 Å². The largest absolute Gasteiger partial charge is 0.508 e. The minimum Gasteiger partial charge on any atom is -0.508 e. The number of unbranched alkanes of at least 4 members (excludes halogenated alkanes) is 1. The fraction of sp³-hybridized carbons (Fsp3) is 0.440. The lowest BCUT2D eigenvalue weighted by Crippen LogP contribution is -2.61. The van der Waals surface area contributed by atoms with Gasteiger partial charge >= 0.3 is 5.97 Å². The highest BCUT2D eigenvalue weighted by atomic mass is 33.1. The zero-order chi connectivity index (χ0) is 52.5. The summed E-state index contributed by atoms with van der Waals surface area (Å²) in [5.74, 6) is -7.53. The number of fused-ring (bicyclic) bond motifs is 1. The number of aliphatic carboxylic acids is 1. The molecule has 1 saturated heterocycles. The van der Waals surface area contributed by atoms with Gasteiger partial charge in [0.2, 0.25) is 41.4 Å². The van der Waals surface area contributed by atoms with E-state index in [1.54, 1.807) is 62.5 Å². The normalized spacial score (nSPS) is 21.9. The van der Waals surface area contributed by atoms with E-state index in [4.69, 9.17) is 11.5 Å². The maximum Gasteiger partial charge on any atom is 0.326 e. The molecule has 1 fully saturated rings. The van der Waals surface area contributed by atoms with Gasteiger partial charge in [0.05, 0.1) is 6.04 Å². The number of carbonyl (C=O) groups excluding carboxylic acids is 7. The van der Waals surface area contributed by atoms with Gasteiger partial charge in [-0.15, -0.1) is 0 Å². The summed E-state index contributed by atoms with van der Waals surface area (Å²) in [6.07, 6.45) is 2.41. The summed E-state index contributed by atoms with van der Waals surface area (Å²) in [7, 11) is 3.52. The van der Waals surface area contributed by atoms with Crippen LogP contribution in [-0.4, -0.2) is 141 Å². The molecule has 1 aliphatic rings. The number of aromatic amines is 1. The van der Waals surface area contributed by atoms with Gasteiger partial charge in [0.1, 0.15) is 48.0 Å². The number of H-pyrrole nitrogens is 1. The number of nitrogens with zero attached hydrogens (tertiary/aromatic N) is 1. The number of carboxylic acid groups (broad SMARTS) is 1. The molecule has 20 nitrogen and oxygen atoms in total. The molecule has 5 rings (SSSR count). The number of phenolic OH excluding ortho intramolecular Hbond substituents is 1. The van der Waals surface area contributed by atoms with E-state index in [0.29, 0.717) is 29.5 Å². The van der Waals surface area contributed by atoms with Crippen molar-refractivity contribution in [2.45, 2.75) is 108 Å². The minimum atomic E-state index is -1.42. The number of phenols is 1. The smallest absolute Gasteiger partial charge is 0.326 e. The molecule has 1 aliphatic heterocycles. The van der Waals surface area contributed by atoms with Crippen LogP contribution in [0.3, 0.4) is 0 Å². The molecule has 0 bridgehead atoms. The molecular formula is C50H66N10O10S2. The first-order valence-electron chi connectivity index (χ1n) is 23.7. The molecule has 72 heavy (non-hydrogen) atoms. The van der Waals surface area contributed by atoms with E-state index >= 15 is 4.79 Å². The Balaban J connectivity index is 1.63. The zero-order valence-corrected chi connectivity index (χ0v) is 42.4. The molecule has 0 unspecified atom stereocenters. The highest BCUT2D eigenvalue weighted by Gasteiger charge is 2.38. The van der Waals surface area contributed by atoms with Gasteiger partial charge in [-0.1, -0.05) is 96.1 Å². The molecule has 3 aromatic carbocycles. The second kappa shape index (κ2) is 27.3. The van der Waals surface area contributed by atoms with Crippen molar-refractivity contribution in [2.24, 2.45) is 17.4 Å². The van der Waals surface area contributed by atoms with Gasteiger partial charge in [0.15, 0.2) is 0 Å². The fourth-order valence-electron chi connectivity index (χ4n) is 7.96. The summed E-state index contributed by atoms with van der Waals surface area (Å²) in [4.78, 5) is 117. The summed E-state index contributed by atoms with van der Waals surface area (Å²) in [5.41, 5.74) is 14.4. The molecule has 0 radical (unpaired) electrons. The summed E-state index contributed by atoms with van der Waals surface area (Å²) in [6, 6.07) is 11.8. The van der Waals surface area contributed by atoms with Crippen molar-refractivity contribution in [2.75, 3.05) is 25.1 Å². The number of aromatic hydroxyl groups is 1. The summed E-state index contributed by atoms with van der Waals surface area (Å²) < 4.78 is 0. The van der Waals surface area contributed by atoms with Gasteiger partial charge in [0, 0.05) is 54.9 Å². The van der Waals surface area contributed by atoms with Gasteiger partial charge in [-0.3, -0.25) is 33.6 Å². The van der Waals surface area contributed by atoms with Crippen LogP contribution in [-0.2, 0) is 57.6 Å². The molecule has 388 valence electrons. The summed E-state index contributed by atoms with van der Waals surface area (Å²) in [5, 5.41) is 37.1. The molecular weight excluding hydrogens is 965 g/mol. The first kappa shape index (κ1) is 56.3. The number of amides is 7. The molecule has 2 heterocycles. The second-order valence-corrected chi connectivity index (χ2v) is 20.7. The van der Waals surface area contributed by atoms with Crippen LogP contribution in [0.2, 0.25) is 0 Å². The average Bonchev–Trinajstić information content (AvgIpc) is 3.76.